The van der Waals surface area contributed by atoms with E-state index in [0.717, 1.165) is 3.57 Å². The van der Waals surface area contributed by atoms with Gasteiger partial charge in [0, 0.05) is 21.6 Å². The standard InChI is InChI=1S/C15H17ClINO2/c1-15(2,3)9-6-13(19)18(8-9)14(20)11-7-10(16)4-5-12(11)17/h4-5,7,9H,6,8H2,1-3H3. The van der Waals surface area contributed by atoms with Crippen LogP contribution in [0.2, 0.25) is 5.02 Å². The molecule has 1 aliphatic rings. The lowest BCUT2D eigenvalue weighted by Crippen LogP contribution is -2.34. The van der Waals surface area contributed by atoms with Gasteiger partial charge in [-0.05, 0) is 52.1 Å². The molecule has 0 bridgehead atoms. The first-order valence-corrected chi connectivity index (χ1v) is 7.95. The largest absolute Gasteiger partial charge is 0.278 e. The lowest BCUT2D eigenvalue weighted by atomic mass is 9.80. The summed E-state index contributed by atoms with van der Waals surface area (Å²) in [6, 6.07) is 5.16. The van der Waals surface area contributed by atoms with E-state index in [4.69, 9.17) is 11.6 Å². The number of imide groups is 1. The van der Waals surface area contributed by atoms with E-state index in [1.54, 1.807) is 18.2 Å². The van der Waals surface area contributed by atoms with Crippen LogP contribution >= 0.6 is 34.2 Å². The van der Waals surface area contributed by atoms with E-state index >= 15 is 0 Å². The van der Waals surface area contributed by atoms with Gasteiger partial charge in [0.25, 0.3) is 5.91 Å². The smallest absolute Gasteiger partial charge is 0.261 e. The normalized spacial score (nSPS) is 19.6. The Bertz CT molecular complexity index is 565. The topological polar surface area (TPSA) is 37.4 Å². The maximum atomic E-state index is 12.5. The van der Waals surface area contributed by atoms with Crippen molar-refractivity contribution in [3.8, 4) is 0 Å². The summed E-state index contributed by atoms with van der Waals surface area (Å²) in [5.74, 6) is -0.129. The zero-order chi connectivity index (χ0) is 15.1. The van der Waals surface area contributed by atoms with Crippen LogP contribution in [0.25, 0.3) is 0 Å². The molecule has 0 aromatic heterocycles. The summed E-state index contributed by atoms with van der Waals surface area (Å²) in [5.41, 5.74) is 0.521. The fourth-order valence-electron chi connectivity index (χ4n) is 2.29. The summed E-state index contributed by atoms with van der Waals surface area (Å²) < 4.78 is 0.809. The summed E-state index contributed by atoms with van der Waals surface area (Å²) in [4.78, 5) is 26.0. The molecule has 0 aliphatic carbocycles. The summed E-state index contributed by atoms with van der Waals surface area (Å²) in [5, 5.41) is 0.507. The van der Waals surface area contributed by atoms with Gasteiger partial charge in [0.05, 0.1) is 5.56 Å². The molecule has 108 valence electrons. The van der Waals surface area contributed by atoms with Crippen LogP contribution in [-0.4, -0.2) is 23.3 Å². The second kappa shape index (κ2) is 5.64. The number of benzene rings is 1. The van der Waals surface area contributed by atoms with Crippen molar-refractivity contribution < 1.29 is 9.59 Å². The number of carbonyl (C=O) groups excluding carboxylic acids is 2. The number of amides is 2. The molecule has 2 rings (SSSR count). The van der Waals surface area contributed by atoms with E-state index < -0.39 is 0 Å². The van der Waals surface area contributed by atoms with Gasteiger partial charge in [-0.1, -0.05) is 32.4 Å². The molecule has 1 aromatic rings. The molecule has 2 amide bonds. The van der Waals surface area contributed by atoms with Crippen molar-refractivity contribution in [1.29, 1.82) is 0 Å². The van der Waals surface area contributed by atoms with E-state index in [2.05, 4.69) is 43.4 Å². The van der Waals surface area contributed by atoms with Gasteiger partial charge in [-0.2, -0.15) is 0 Å². The van der Waals surface area contributed by atoms with Gasteiger partial charge in [0.2, 0.25) is 5.91 Å². The van der Waals surface area contributed by atoms with Gasteiger partial charge in [-0.15, -0.1) is 0 Å². The lowest BCUT2D eigenvalue weighted by Gasteiger charge is -2.26. The Morgan fingerprint density at radius 3 is 2.60 bits per heavy atom. The third kappa shape index (κ3) is 3.17. The number of hydrogen-bond acceptors (Lipinski definition) is 2. The van der Waals surface area contributed by atoms with Crippen LogP contribution in [0.1, 0.15) is 37.6 Å². The maximum absolute atomic E-state index is 12.5. The summed E-state index contributed by atoms with van der Waals surface area (Å²) in [6.45, 7) is 6.79. The van der Waals surface area contributed by atoms with Gasteiger partial charge in [0.15, 0.2) is 0 Å². The van der Waals surface area contributed by atoms with E-state index in [1.807, 2.05) is 0 Å². The molecular weight excluding hydrogens is 389 g/mol. The molecule has 0 spiro atoms. The predicted octanol–water partition coefficient (Wildman–Crippen LogP) is 3.98. The van der Waals surface area contributed by atoms with Gasteiger partial charge in [0.1, 0.15) is 0 Å². The first kappa shape index (κ1) is 15.8. The minimum Gasteiger partial charge on any atom is -0.278 e. The molecule has 20 heavy (non-hydrogen) atoms. The summed E-state index contributed by atoms with van der Waals surface area (Å²) in [6.07, 6.45) is 0.437. The van der Waals surface area contributed by atoms with Crippen LogP contribution in [0.15, 0.2) is 18.2 Å². The third-order valence-electron chi connectivity index (χ3n) is 3.75. The Hall–Kier alpha value is -0.620. The average Bonchev–Trinajstić information content (AvgIpc) is 2.73. The highest BCUT2D eigenvalue weighted by molar-refractivity contribution is 14.1. The van der Waals surface area contributed by atoms with Crippen LogP contribution < -0.4 is 0 Å². The maximum Gasteiger partial charge on any atom is 0.261 e. The zero-order valence-electron chi connectivity index (χ0n) is 11.7. The average molecular weight is 406 g/mol. The van der Waals surface area contributed by atoms with Crippen molar-refractivity contribution >= 4 is 46.0 Å². The molecule has 1 atom stereocenters. The van der Waals surface area contributed by atoms with Gasteiger partial charge in [-0.3, -0.25) is 14.5 Å². The first-order chi connectivity index (χ1) is 9.20. The second-order valence-electron chi connectivity index (χ2n) is 6.20. The van der Waals surface area contributed by atoms with Crippen molar-refractivity contribution in [2.24, 2.45) is 11.3 Å². The minimum atomic E-state index is -0.242. The van der Waals surface area contributed by atoms with Crippen LogP contribution in [0.3, 0.4) is 0 Å². The van der Waals surface area contributed by atoms with Crippen molar-refractivity contribution in [2.75, 3.05) is 6.54 Å². The van der Waals surface area contributed by atoms with Crippen LogP contribution in [-0.2, 0) is 4.79 Å². The Balaban J connectivity index is 2.26. The molecule has 1 aliphatic heterocycles. The molecule has 1 heterocycles. The quantitative estimate of drug-likeness (QED) is 0.523. The molecule has 5 heteroatoms. The Labute approximate surface area is 137 Å². The molecular formula is C15H17ClINO2. The number of halogens is 2. The molecule has 1 aromatic carbocycles. The van der Waals surface area contributed by atoms with Crippen molar-refractivity contribution in [2.45, 2.75) is 27.2 Å². The predicted molar refractivity (Wildman–Crippen MR) is 87.8 cm³/mol. The van der Waals surface area contributed by atoms with Gasteiger partial charge < -0.3 is 0 Å². The van der Waals surface area contributed by atoms with Crippen molar-refractivity contribution in [1.82, 2.24) is 4.90 Å². The number of rotatable bonds is 1. The van der Waals surface area contributed by atoms with E-state index in [1.165, 1.54) is 4.90 Å². The van der Waals surface area contributed by atoms with E-state index in [0.29, 0.717) is 23.6 Å². The van der Waals surface area contributed by atoms with Gasteiger partial charge in [-0.25, -0.2) is 0 Å². The van der Waals surface area contributed by atoms with E-state index in [9.17, 15) is 9.59 Å². The first-order valence-electron chi connectivity index (χ1n) is 6.50. The van der Waals surface area contributed by atoms with Crippen molar-refractivity contribution in [3.05, 3.63) is 32.4 Å². The molecule has 0 N–H and O–H groups in total. The Morgan fingerprint density at radius 1 is 1.40 bits per heavy atom. The molecule has 0 saturated carbocycles. The summed E-state index contributed by atoms with van der Waals surface area (Å²) in [7, 11) is 0. The highest BCUT2D eigenvalue weighted by Gasteiger charge is 2.40. The molecule has 1 fully saturated rings. The molecule has 3 nitrogen and oxygen atoms in total. The minimum absolute atomic E-state index is 0.0200. The van der Waals surface area contributed by atoms with Crippen LogP contribution in [0.5, 0.6) is 0 Å². The SMILES string of the molecule is CC(C)(C)C1CC(=O)N(C(=O)c2cc(Cl)ccc2I)C1. The van der Waals surface area contributed by atoms with Crippen LogP contribution in [0, 0.1) is 14.9 Å². The Kier molecular flexibility index (Phi) is 4.44. The highest BCUT2D eigenvalue weighted by Crippen LogP contribution is 2.35. The zero-order valence-corrected chi connectivity index (χ0v) is 14.7. The van der Waals surface area contributed by atoms with Crippen molar-refractivity contribution in [3.63, 3.8) is 0 Å². The Morgan fingerprint density at radius 2 is 2.05 bits per heavy atom. The van der Waals surface area contributed by atoms with E-state index in [-0.39, 0.29) is 23.1 Å². The highest BCUT2D eigenvalue weighted by atomic mass is 127. The molecule has 1 saturated heterocycles. The van der Waals surface area contributed by atoms with Gasteiger partial charge >= 0.3 is 0 Å². The number of carbonyl (C=O) groups is 2. The number of nitrogens with zero attached hydrogens (tertiary/aromatic N) is 1. The lowest BCUT2D eigenvalue weighted by molar-refractivity contribution is -0.125. The molecule has 0 radical (unpaired) electrons. The monoisotopic (exact) mass is 405 g/mol. The fraction of sp³-hybridized carbons (Fsp3) is 0.467. The second-order valence-corrected chi connectivity index (χ2v) is 7.80. The summed E-state index contributed by atoms with van der Waals surface area (Å²) >= 11 is 8.04. The third-order valence-corrected chi connectivity index (χ3v) is 4.93. The molecule has 1 unspecified atom stereocenters. The number of likely N-dealkylation sites (tertiary alicyclic amines) is 1. The van der Waals surface area contributed by atoms with Crippen LogP contribution in [0.4, 0.5) is 0 Å². The number of hydrogen-bond donors (Lipinski definition) is 0. The fourth-order valence-corrected chi connectivity index (χ4v) is 3.03.